The number of esters is 1. The van der Waals surface area contributed by atoms with E-state index in [9.17, 15) is 4.79 Å². The number of carbonyl (C=O) groups excluding carboxylic acids is 1. The highest BCUT2D eigenvalue weighted by molar-refractivity contribution is 5.75. The first-order valence-electron chi connectivity index (χ1n) is 6.19. The second-order valence-corrected chi connectivity index (χ2v) is 4.73. The van der Waals surface area contributed by atoms with Crippen LogP contribution in [0.4, 0.5) is 0 Å². The van der Waals surface area contributed by atoms with Crippen LogP contribution in [-0.2, 0) is 16.1 Å². The van der Waals surface area contributed by atoms with Gasteiger partial charge in [-0.05, 0) is 30.9 Å². The molecule has 0 aromatic heterocycles. The Bertz CT molecular complexity index is 364. The summed E-state index contributed by atoms with van der Waals surface area (Å²) in [6.45, 7) is 3.46. The molecular formula is C14H19NO2. The fourth-order valence-corrected chi connectivity index (χ4v) is 2.12. The molecule has 92 valence electrons. The zero-order valence-corrected chi connectivity index (χ0v) is 10.2. The van der Waals surface area contributed by atoms with Crippen LogP contribution in [0.3, 0.4) is 0 Å². The molecule has 0 bridgehead atoms. The van der Waals surface area contributed by atoms with Crippen LogP contribution >= 0.6 is 0 Å². The predicted octanol–water partition coefficient (Wildman–Crippen LogP) is 2.12. The van der Waals surface area contributed by atoms with E-state index in [1.165, 1.54) is 0 Å². The van der Waals surface area contributed by atoms with Gasteiger partial charge in [0.1, 0.15) is 12.6 Å². The van der Waals surface area contributed by atoms with Gasteiger partial charge in [-0.15, -0.1) is 0 Å². The molecule has 0 saturated carbocycles. The minimum atomic E-state index is -0.125. The maximum absolute atomic E-state index is 11.8. The topological polar surface area (TPSA) is 38.3 Å². The zero-order chi connectivity index (χ0) is 12.1. The molecule has 1 saturated heterocycles. The van der Waals surface area contributed by atoms with Crippen LogP contribution in [0.15, 0.2) is 30.3 Å². The van der Waals surface area contributed by atoms with Gasteiger partial charge in [0.15, 0.2) is 0 Å². The molecule has 1 aliphatic heterocycles. The monoisotopic (exact) mass is 233 g/mol. The third-order valence-corrected chi connectivity index (χ3v) is 3.17. The first-order chi connectivity index (χ1) is 8.25. The molecule has 3 heteroatoms. The molecule has 3 nitrogen and oxygen atoms in total. The van der Waals surface area contributed by atoms with E-state index in [0.717, 1.165) is 24.9 Å². The highest BCUT2D eigenvalue weighted by Crippen LogP contribution is 2.16. The molecule has 1 aromatic rings. The smallest absolute Gasteiger partial charge is 0.323 e. The summed E-state index contributed by atoms with van der Waals surface area (Å²) in [6, 6.07) is 9.65. The molecule has 1 N–H and O–H groups in total. The molecule has 0 unspecified atom stereocenters. The van der Waals surface area contributed by atoms with Crippen molar-refractivity contribution < 1.29 is 9.53 Å². The molecule has 2 atom stereocenters. The second-order valence-electron chi connectivity index (χ2n) is 4.73. The van der Waals surface area contributed by atoms with Crippen molar-refractivity contribution in [2.24, 2.45) is 5.92 Å². The third kappa shape index (κ3) is 3.56. The van der Waals surface area contributed by atoms with Gasteiger partial charge in [0.2, 0.25) is 0 Å². The summed E-state index contributed by atoms with van der Waals surface area (Å²) in [6.07, 6.45) is 2.02. The Morgan fingerprint density at radius 1 is 1.41 bits per heavy atom. The lowest BCUT2D eigenvalue weighted by Gasteiger charge is -2.26. The number of piperidine rings is 1. The van der Waals surface area contributed by atoms with E-state index in [1.807, 2.05) is 30.3 Å². The lowest BCUT2D eigenvalue weighted by molar-refractivity contribution is -0.148. The summed E-state index contributed by atoms with van der Waals surface area (Å²) >= 11 is 0. The molecule has 0 aliphatic carbocycles. The minimum Gasteiger partial charge on any atom is -0.460 e. The minimum absolute atomic E-state index is 0.123. The molecule has 0 amide bonds. The van der Waals surface area contributed by atoms with Gasteiger partial charge in [-0.2, -0.15) is 0 Å². The van der Waals surface area contributed by atoms with E-state index in [0.29, 0.717) is 12.5 Å². The standard InChI is InChI=1S/C14H19NO2/c1-11-7-8-15-13(9-11)14(16)17-10-12-5-3-2-4-6-12/h2-6,11,13,15H,7-10H2,1H3/t11-,13+/m1/s1. The van der Waals surface area contributed by atoms with E-state index in [4.69, 9.17) is 4.74 Å². The van der Waals surface area contributed by atoms with Crippen molar-refractivity contribution in [1.29, 1.82) is 0 Å². The number of nitrogens with one attached hydrogen (secondary N) is 1. The fraction of sp³-hybridized carbons (Fsp3) is 0.500. The number of carbonyl (C=O) groups is 1. The normalized spacial score (nSPS) is 24.3. The van der Waals surface area contributed by atoms with Crippen molar-refractivity contribution in [2.45, 2.75) is 32.4 Å². The predicted molar refractivity (Wildman–Crippen MR) is 66.4 cm³/mol. The summed E-state index contributed by atoms with van der Waals surface area (Å²) in [5, 5.41) is 3.21. The van der Waals surface area contributed by atoms with Crippen LogP contribution in [0.5, 0.6) is 0 Å². The summed E-state index contributed by atoms with van der Waals surface area (Å²) in [7, 11) is 0. The molecule has 1 aliphatic rings. The third-order valence-electron chi connectivity index (χ3n) is 3.17. The largest absolute Gasteiger partial charge is 0.460 e. The van der Waals surface area contributed by atoms with E-state index in [2.05, 4.69) is 12.2 Å². The molecule has 2 rings (SSSR count). The van der Waals surface area contributed by atoms with Crippen LogP contribution in [0.25, 0.3) is 0 Å². The molecule has 17 heavy (non-hydrogen) atoms. The first-order valence-corrected chi connectivity index (χ1v) is 6.19. The van der Waals surface area contributed by atoms with Gasteiger partial charge in [0, 0.05) is 0 Å². The summed E-state index contributed by atoms with van der Waals surface area (Å²) in [4.78, 5) is 11.8. The van der Waals surface area contributed by atoms with E-state index >= 15 is 0 Å². The first kappa shape index (κ1) is 12.1. The summed E-state index contributed by atoms with van der Waals surface area (Å²) in [5.41, 5.74) is 1.03. The quantitative estimate of drug-likeness (QED) is 0.813. The molecule has 1 heterocycles. The fourth-order valence-electron chi connectivity index (χ4n) is 2.12. The van der Waals surface area contributed by atoms with Gasteiger partial charge in [0.25, 0.3) is 0 Å². The average Bonchev–Trinajstić information content (AvgIpc) is 2.37. The summed E-state index contributed by atoms with van der Waals surface area (Å²) < 4.78 is 5.31. The highest BCUT2D eigenvalue weighted by Gasteiger charge is 2.25. The van der Waals surface area contributed by atoms with Gasteiger partial charge in [-0.25, -0.2) is 0 Å². The van der Waals surface area contributed by atoms with Gasteiger partial charge in [-0.3, -0.25) is 4.79 Å². The lowest BCUT2D eigenvalue weighted by Crippen LogP contribution is -2.43. The molecule has 0 spiro atoms. The SMILES string of the molecule is C[C@@H]1CCN[C@H](C(=O)OCc2ccccc2)C1. The Kier molecular flexibility index (Phi) is 4.15. The van der Waals surface area contributed by atoms with Crippen LogP contribution in [0.1, 0.15) is 25.3 Å². The van der Waals surface area contributed by atoms with Crippen molar-refractivity contribution in [1.82, 2.24) is 5.32 Å². The lowest BCUT2D eigenvalue weighted by atomic mass is 9.94. The van der Waals surface area contributed by atoms with Crippen molar-refractivity contribution >= 4 is 5.97 Å². The van der Waals surface area contributed by atoms with E-state index in [-0.39, 0.29) is 12.0 Å². The Morgan fingerprint density at radius 2 is 2.18 bits per heavy atom. The molecule has 1 fully saturated rings. The zero-order valence-electron chi connectivity index (χ0n) is 10.2. The van der Waals surface area contributed by atoms with Crippen LogP contribution < -0.4 is 5.32 Å². The number of benzene rings is 1. The Morgan fingerprint density at radius 3 is 2.88 bits per heavy atom. The second kappa shape index (κ2) is 5.82. The summed E-state index contributed by atoms with van der Waals surface area (Å²) in [5.74, 6) is 0.478. The van der Waals surface area contributed by atoms with Gasteiger partial charge in [-0.1, -0.05) is 37.3 Å². The number of hydrogen-bond donors (Lipinski definition) is 1. The van der Waals surface area contributed by atoms with Crippen molar-refractivity contribution in [2.75, 3.05) is 6.54 Å². The highest BCUT2D eigenvalue weighted by atomic mass is 16.5. The van der Waals surface area contributed by atoms with Crippen molar-refractivity contribution in [3.8, 4) is 0 Å². The Balaban J connectivity index is 1.81. The maximum Gasteiger partial charge on any atom is 0.323 e. The van der Waals surface area contributed by atoms with Gasteiger partial charge >= 0.3 is 5.97 Å². The van der Waals surface area contributed by atoms with Crippen LogP contribution in [0, 0.1) is 5.92 Å². The number of rotatable bonds is 3. The van der Waals surface area contributed by atoms with Gasteiger partial charge < -0.3 is 10.1 Å². The van der Waals surface area contributed by atoms with Gasteiger partial charge in [0.05, 0.1) is 0 Å². The maximum atomic E-state index is 11.8. The molecule has 0 radical (unpaired) electrons. The van der Waals surface area contributed by atoms with E-state index in [1.54, 1.807) is 0 Å². The Labute approximate surface area is 102 Å². The van der Waals surface area contributed by atoms with Crippen molar-refractivity contribution in [3.63, 3.8) is 0 Å². The Hall–Kier alpha value is -1.35. The van der Waals surface area contributed by atoms with Crippen LogP contribution in [0.2, 0.25) is 0 Å². The average molecular weight is 233 g/mol. The number of hydrogen-bond acceptors (Lipinski definition) is 3. The van der Waals surface area contributed by atoms with Crippen LogP contribution in [-0.4, -0.2) is 18.6 Å². The molecule has 1 aromatic carbocycles. The van der Waals surface area contributed by atoms with Crippen molar-refractivity contribution in [3.05, 3.63) is 35.9 Å². The number of ether oxygens (including phenoxy) is 1. The van der Waals surface area contributed by atoms with E-state index < -0.39 is 0 Å². The molecular weight excluding hydrogens is 214 g/mol.